The fraction of sp³-hybridized carbons (Fsp3) is 0.281. The number of rotatable bonds is 8. The number of thiocarbonyl (C=S) groups is 1. The van der Waals surface area contributed by atoms with Crippen LogP contribution in [0.1, 0.15) is 59.2 Å². The van der Waals surface area contributed by atoms with E-state index < -0.39 is 0 Å². The lowest BCUT2D eigenvalue weighted by molar-refractivity contribution is -0.116. The Morgan fingerprint density at radius 3 is 2.60 bits per heavy atom. The third-order valence-electron chi connectivity index (χ3n) is 7.72. The Morgan fingerprint density at radius 2 is 1.85 bits per heavy atom. The lowest BCUT2D eigenvalue weighted by Gasteiger charge is -2.28. The zero-order valence-electron chi connectivity index (χ0n) is 23.2. The number of hydrogen-bond acceptors (Lipinski definition) is 3. The molecule has 4 aromatic rings. The molecule has 2 aromatic carbocycles. The van der Waals surface area contributed by atoms with E-state index in [-0.39, 0.29) is 18.0 Å². The number of carbonyl (C=O) groups excluding carboxylic acids is 1. The molecular weight excluding hydrogens is 538 g/mol. The van der Waals surface area contributed by atoms with E-state index in [1.807, 2.05) is 61.5 Å². The number of para-hydroxylation sites is 1. The summed E-state index contributed by atoms with van der Waals surface area (Å²) in [6, 6.07) is 21.8. The van der Waals surface area contributed by atoms with Gasteiger partial charge in [0.2, 0.25) is 5.91 Å². The van der Waals surface area contributed by atoms with Gasteiger partial charge in [0, 0.05) is 46.9 Å². The van der Waals surface area contributed by atoms with E-state index in [4.69, 9.17) is 23.8 Å². The Bertz CT molecular complexity index is 1550. The topological polar surface area (TPSA) is 62.2 Å². The second kappa shape index (κ2) is 11.8. The highest BCUT2D eigenvalue weighted by molar-refractivity contribution is 7.80. The molecule has 2 N–H and O–H groups in total. The van der Waals surface area contributed by atoms with Gasteiger partial charge in [0.1, 0.15) is 0 Å². The summed E-state index contributed by atoms with van der Waals surface area (Å²) in [5, 5.41) is 7.96. The summed E-state index contributed by atoms with van der Waals surface area (Å²) in [6.07, 6.45) is 2.96. The molecule has 3 heterocycles. The van der Waals surface area contributed by atoms with Crippen LogP contribution in [-0.4, -0.2) is 32.0 Å². The minimum Gasteiger partial charge on any atom is -0.352 e. The molecule has 8 heteroatoms. The van der Waals surface area contributed by atoms with E-state index in [2.05, 4.69) is 58.0 Å². The van der Waals surface area contributed by atoms with Gasteiger partial charge in [-0.2, -0.15) is 0 Å². The van der Waals surface area contributed by atoms with E-state index >= 15 is 0 Å². The van der Waals surface area contributed by atoms with Gasteiger partial charge in [0.15, 0.2) is 5.11 Å². The molecule has 5 rings (SSSR count). The van der Waals surface area contributed by atoms with Gasteiger partial charge in [-0.3, -0.25) is 9.78 Å². The zero-order chi connectivity index (χ0) is 28.4. The maximum Gasteiger partial charge on any atom is 0.226 e. The fourth-order valence-corrected chi connectivity index (χ4v) is 6.17. The summed E-state index contributed by atoms with van der Waals surface area (Å²) in [5.74, 6) is -0.0382. The number of nitrogens with one attached hydrogen (secondary N) is 2. The lowest BCUT2D eigenvalue weighted by Crippen LogP contribution is -2.33. The molecule has 1 saturated heterocycles. The highest BCUT2D eigenvalue weighted by atomic mass is 35.5. The summed E-state index contributed by atoms with van der Waals surface area (Å²) >= 11 is 12.4. The summed E-state index contributed by atoms with van der Waals surface area (Å²) < 4.78 is 2.25. The first kappa shape index (κ1) is 27.9. The van der Waals surface area contributed by atoms with Crippen LogP contribution in [-0.2, 0) is 11.2 Å². The predicted octanol–water partition coefficient (Wildman–Crippen LogP) is 7.01. The van der Waals surface area contributed by atoms with Crippen molar-refractivity contribution in [1.82, 2.24) is 19.8 Å². The van der Waals surface area contributed by atoms with Gasteiger partial charge < -0.3 is 20.1 Å². The number of benzene rings is 2. The van der Waals surface area contributed by atoms with Crippen LogP contribution in [0.2, 0.25) is 5.02 Å². The Balaban J connectivity index is 1.49. The van der Waals surface area contributed by atoms with Crippen molar-refractivity contribution < 1.29 is 4.79 Å². The summed E-state index contributed by atoms with van der Waals surface area (Å²) in [5.41, 5.74) is 8.30. The van der Waals surface area contributed by atoms with Crippen molar-refractivity contribution in [3.63, 3.8) is 0 Å². The van der Waals surface area contributed by atoms with Crippen LogP contribution in [0.5, 0.6) is 0 Å². The van der Waals surface area contributed by atoms with Gasteiger partial charge in [-0.15, -0.1) is 0 Å². The molecule has 1 aliphatic heterocycles. The molecule has 0 radical (unpaired) electrons. The van der Waals surface area contributed by atoms with Crippen LogP contribution in [0, 0.1) is 20.8 Å². The van der Waals surface area contributed by atoms with E-state index in [1.54, 1.807) is 6.20 Å². The van der Waals surface area contributed by atoms with Crippen molar-refractivity contribution in [2.24, 2.45) is 0 Å². The van der Waals surface area contributed by atoms with E-state index in [1.165, 1.54) is 0 Å². The largest absolute Gasteiger partial charge is 0.352 e. The van der Waals surface area contributed by atoms with Gasteiger partial charge in [-0.25, -0.2) is 0 Å². The highest BCUT2D eigenvalue weighted by Gasteiger charge is 2.41. The van der Waals surface area contributed by atoms with Gasteiger partial charge in [0.25, 0.3) is 0 Å². The molecular formula is C32H34ClN5OS. The normalized spacial score (nSPS) is 16.7. The molecule has 0 spiro atoms. The molecule has 2 atom stereocenters. The summed E-state index contributed by atoms with van der Waals surface area (Å²) in [7, 11) is 0. The number of hydrogen-bond donors (Lipinski definition) is 2. The van der Waals surface area contributed by atoms with Gasteiger partial charge in [-0.1, -0.05) is 48.9 Å². The number of amides is 1. The first-order chi connectivity index (χ1) is 19.3. The quantitative estimate of drug-likeness (QED) is 0.223. The Labute approximate surface area is 246 Å². The maximum absolute atomic E-state index is 13.1. The molecule has 0 saturated carbocycles. The number of aryl methyl sites for hydroxylation is 2. The molecule has 6 nitrogen and oxygen atoms in total. The number of halogens is 1. The molecule has 40 heavy (non-hydrogen) atoms. The molecule has 1 aliphatic rings. The second-order valence-electron chi connectivity index (χ2n) is 10.2. The second-order valence-corrected chi connectivity index (χ2v) is 11.0. The number of anilines is 1. The zero-order valence-corrected chi connectivity index (χ0v) is 24.8. The number of aromatic nitrogens is 2. The minimum absolute atomic E-state index is 0.0382. The lowest BCUT2D eigenvalue weighted by atomic mass is 9.96. The maximum atomic E-state index is 13.1. The summed E-state index contributed by atoms with van der Waals surface area (Å²) in [6.45, 7) is 8.84. The Hall–Kier alpha value is -3.68. The van der Waals surface area contributed by atoms with Crippen LogP contribution >= 0.6 is 23.8 Å². The number of pyridine rings is 1. The third kappa shape index (κ3) is 5.36. The average molecular weight is 572 g/mol. The van der Waals surface area contributed by atoms with Crippen LogP contribution in [0.25, 0.3) is 5.69 Å². The molecule has 0 aliphatic carbocycles. The van der Waals surface area contributed by atoms with E-state index in [9.17, 15) is 4.79 Å². The first-order valence-corrected chi connectivity index (χ1v) is 14.4. The van der Waals surface area contributed by atoms with Gasteiger partial charge >= 0.3 is 0 Å². The van der Waals surface area contributed by atoms with E-state index in [0.717, 1.165) is 56.6 Å². The minimum atomic E-state index is -0.160. The average Bonchev–Trinajstić information content (AvgIpc) is 3.44. The van der Waals surface area contributed by atoms with Crippen molar-refractivity contribution in [3.8, 4) is 5.69 Å². The fourth-order valence-electron chi connectivity index (χ4n) is 5.67. The molecule has 1 amide bonds. The molecule has 2 aromatic heterocycles. The molecule has 1 fully saturated rings. The molecule has 206 valence electrons. The van der Waals surface area contributed by atoms with Crippen LogP contribution in [0.4, 0.5) is 5.69 Å². The van der Waals surface area contributed by atoms with E-state index in [0.29, 0.717) is 18.1 Å². The predicted molar refractivity (Wildman–Crippen MR) is 166 cm³/mol. The van der Waals surface area contributed by atoms with Crippen molar-refractivity contribution in [3.05, 3.63) is 112 Å². The first-order valence-electron chi connectivity index (χ1n) is 13.6. The highest BCUT2D eigenvalue weighted by Crippen LogP contribution is 2.42. The SMILES string of the molecule is CCc1ccccc1NC(=O)CCN1C(=S)N[C@H](c2ccccn2)[C@@H]1c1cc(C)n(-c2cccc(Cl)c2C)c1C. The number of nitrogens with zero attached hydrogens (tertiary/aromatic N) is 3. The van der Waals surface area contributed by atoms with Crippen molar-refractivity contribution in [2.75, 3.05) is 11.9 Å². The summed E-state index contributed by atoms with van der Waals surface area (Å²) in [4.78, 5) is 19.9. The van der Waals surface area contributed by atoms with Crippen molar-refractivity contribution >= 4 is 40.5 Å². The molecule has 0 unspecified atom stereocenters. The van der Waals surface area contributed by atoms with Crippen LogP contribution in [0.15, 0.2) is 72.9 Å². The Kier molecular flexibility index (Phi) is 8.24. The standard InChI is InChI=1S/C32H34ClN5OS/c1-5-23-11-6-7-13-26(23)35-29(39)16-18-37-31(30(36-32(37)40)27-14-8-9-17-34-27)24-19-20(2)38(22(24)4)28-15-10-12-25(33)21(28)3/h6-15,17,19,30-31H,5,16,18H2,1-4H3,(H,35,39)(H,36,40)/t30-,31+/m1/s1. The smallest absolute Gasteiger partial charge is 0.226 e. The van der Waals surface area contributed by atoms with Gasteiger partial charge in [0.05, 0.1) is 17.8 Å². The van der Waals surface area contributed by atoms with Crippen molar-refractivity contribution in [2.45, 2.75) is 52.6 Å². The third-order valence-corrected chi connectivity index (χ3v) is 8.48. The van der Waals surface area contributed by atoms with Crippen molar-refractivity contribution in [1.29, 1.82) is 0 Å². The number of carbonyl (C=O) groups is 1. The monoisotopic (exact) mass is 571 g/mol. The Morgan fingerprint density at radius 1 is 1.07 bits per heavy atom. The van der Waals surface area contributed by atoms with Gasteiger partial charge in [-0.05, 0) is 92.5 Å². The van der Waals surface area contributed by atoms with Crippen LogP contribution in [0.3, 0.4) is 0 Å². The van der Waals surface area contributed by atoms with Crippen LogP contribution < -0.4 is 10.6 Å². The molecule has 0 bridgehead atoms.